The first kappa shape index (κ1) is 20.6. The first-order chi connectivity index (χ1) is 13.6. The predicted octanol–water partition coefficient (Wildman–Crippen LogP) is 3.15. The number of carbonyl (C=O) groups is 2. The normalized spacial score (nSPS) is 18.3. The third kappa shape index (κ3) is 6.20. The molecule has 0 spiro atoms. The van der Waals surface area contributed by atoms with Crippen LogP contribution in [-0.2, 0) is 4.79 Å². The van der Waals surface area contributed by atoms with Gasteiger partial charge in [0.1, 0.15) is 0 Å². The Balaban J connectivity index is 1.41. The van der Waals surface area contributed by atoms with Gasteiger partial charge in [0, 0.05) is 38.3 Å². The number of nitrogens with zero attached hydrogens (tertiary/aromatic N) is 2. The summed E-state index contributed by atoms with van der Waals surface area (Å²) in [4.78, 5) is 29.1. The van der Waals surface area contributed by atoms with Crippen LogP contribution in [-0.4, -0.2) is 60.9 Å². The molecular formula is C23H33N3O2. The van der Waals surface area contributed by atoms with Crippen LogP contribution in [0.3, 0.4) is 0 Å². The van der Waals surface area contributed by atoms with Gasteiger partial charge in [-0.2, -0.15) is 0 Å². The largest absolute Gasteiger partial charge is 0.355 e. The molecule has 0 atom stereocenters. The number of rotatable bonds is 6. The smallest absolute Gasteiger partial charge is 0.253 e. The first-order valence-corrected chi connectivity index (χ1v) is 10.6. The van der Waals surface area contributed by atoms with Gasteiger partial charge >= 0.3 is 0 Å². The Morgan fingerprint density at radius 1 is 1.07 bits per heavy atom. The van der Waals surface area contributed by atoms with Crippen molar-refractivity contribution in [1.82, 2.24) is 15.1 Å². The van der Waals surface area contributed by atoms with E-state index in [-0.39, 0.29) is 11.8 Å². The van der Waals surface area contributed by atoms with E-state index in [0.29, 0.717) is 13.1 Å². The highest BCUT2D eigenvalue weighted by molar-refractivity contribution is 5.94. The number of hydrogen-bond donors (Lipinski definition) is 1. The van der Waals surface area contributed by atoms with Crippen molar-refractivity contribution in [2.75, 3.05) is 39.3 Å². The number of aryl methyl sites for hydroxylation is 1. The molecular weight excluding hydrogens is 350 g/mol. The summed E-state index contributed by atoms with van der Waals surface area (Å²) in [6, 6.07) is 7.76. The van der Waals surface area contributed by atoms with Gasteiger partial charge in [0.2, 0.25) is 5.91 Å². The Morgan fingerprint density at radius 2 is 1.96 bits per heavy atom. The molecule has 152 valence electrons. The van der Waals surface area contributed by atoms with Crippen LogP contribution in [0.4, 0.5) is 0 Å². The molecule has 1 aromatic carbocycles. The van der Waals surface area contributed by atoms with Gasteiger partial charge in [0.05, 0.1) is 6.54 Å². The average molecular weight is 384 g/mol. The molecule has 1 aromatic rings. The summed E-state index contributed by atoms with van der Waals surface area (Å²) < 4.78 is 0. The van der Waals surface area contributed by atoms with E-state index in [1.54, 1.807) is 0 Å². The van der Waals surface area contributed by atoms with E-state index < -0.39 is 0 Å². The van der Waals surface area contributed by atoms with Crippen LogP contribution in [0.25, 0.3) is 0 Å². The molecule has 0 radical (unpaired) electrons. The van der Waals surface area contributed by atoms with Gasteiger partial charge in [-0.15, -0.1) is 0 Å². The highest BCUT2D eigenvalue weighted by Gasteiger charge is 2.21. The lowest BCUT2D eigenvalue weighted by atomic mass is 9.97. The lowest BCUT2D eigenvalue weighted by Gasteiger charge is -2.22. The third-order valence-electron chi connectivity index (χ3n) is 5.66. The van der Waals surface area contributed by atoms with Crippen LogP contribution in [0.15, 0.2) is 35.9 Å². The fourth-order valence-electron chi connectivity index (χ4n) is 4.05. The lowest BCUT2D eigenvalue weighted by molar-refractivity contribution is -0.122. The number of hydrogen-bond acceptors (Lipinski definition) is 3. The van der Waals surface area contributed by atoms with Crippen molar-refractivity contribution in [2.45, 2.75) is 45.4 Å². The Bertz CT molecular complexity index is 714. The highest BCUT2D eigenvalue weighted by Crippen LogP contribution is 2.19. The first-order valence-electron chi connectivity index (χ1n) is 10.6. The molecule has 0 unspecified atom stereocenters. The van der Waals surface area contributed by atoms with Gasteiger partial charge in [-0.1, -0.05) is 29.3 Å². The van der Waals surface area contributed by atoms with Gasteiger partial charge in [-0.25, -0.2) is 0 Å². The molecule has 0 saturated carbocycles. The molecule has 1 aliphatic carbocycles. The van der Waals surface area contributed by atoms with E-state index >= 15 is 0 Å². The van der Waals surface area contributed by atoms with Crippen LogP contribution in [0.1, 0.15) is 54.4 Å². The van der Waals surface area contributed by atoms with Gasteiger partial charge < -0.3 is 10.2 Å². The van der Waals surface area contributed by atoms with Crippen LogP contribution < -0.4 is 5.32 Å². The van der Waals surface area contributed by atoms with Crippen LogP contribution in [0.2, 0.25) is 0 Å². The fourth-order valence-corrected chi connectivity index (χ4v) is 4.05. The fraction of sp³-hybridized carbons (Fsp3) is 0.565. The van der Waals surface area contributed by atoms with E-state index in [0.717, 1.165) is 50.1 Å². The van der Waals surface area contributed by atoms with Crippen molar-refractivity contribution in [3.8, 4) is 0 Å². The van der Waals surface area contributed by atoms with Crippen molar-refractivity contribution in [1.29, 1.82) is 0 Å². The number of nitrogens with one attached hydrogen (secondary N) is 1. The number of allylic oxidation sites excluding steroid dienone is 1. The second-order valence-corrected chi connectivity index (χ2v) is 8.00. The molecule has 5 nitrogen and oxygen atoms in total. The van der Waals surface area contributed by atoms with E-state index in [9.17, 15) is 9.59 Å². The summed E-state index contributed by atoms with van der Waals surface area (Å²) >= 11 is 0. The quantitative estimate of drug-likeness (QED) is 0.768. The summed E-state index contributed by atoms with van der Waals surface area (Å²) in [7, 11) is 0. The Labute approximate surface area is 168 Å². The Kier molecular flexibility index (Phi) is 7.66. The van der Waals surface area contributed by atoms with Crippen molar-refractivity contribution < 1.29 is 9.59 Å². The maximum absolute atomic E-state index is 12.7. The molecule has 1 fully saturated rings. The van der Waals surface area contributed by atoms with Crippen LogP contribution >= 0.6 is 0 Å². The van der Waals surface area contributed by atoms with Gasteiger partial charge in [0.25, 0.3) is 5.91 Å². The van der Waals surface area contributed by atoms with Crippen LogP contribution in [0.5, 0.6) is 0 Å². The minimum atomic E-state index is 0.0925. The molecule has 1 heterocycles. The summed E-state index contributed by atoms with van der Waals surface area (Å²) in [5.74, 6) is 0.186. The maximum Gasteiger partial charge on any atom is 0.253 e. The zero-order valence-corrected chi connectivity index (χ0v) is 17.1. The molecule has 28 heavy (non-hydrogen) atoms. The second kappa shape index (κ2) is 10.4. The molecule has 0 aromatic heterocycles. The SMILES string of the molecule is Cc1cccc(C(=O)N2CCCN(CC(=O)NCCC3=CCCCC3)CC2)c1. The highest BCUT2D eigenvalue weighted by atomic mass is 16.2. The van der Waals surface area contributed by atoms with Gasteiger partial charge in [-0.3, -0.25) is 14.5 Å². The summed E-state index contributed by atoms with van der Waals surface area (Å²) in [6.45, 7) is 6.19. The van der Waals surface area contributed by atoms with Crippen molar-refractivity contribution in [3.63, 3.8) is 0 Å². The molecule has 2 amide bonds. The molecule has 0 bridgehead atoms. The third-order valence-corrected chi connectivity index (χ3v) is 5.66. The summed E-state index contributed by atoms with van der Waals surface area (Å²) in [5.41, 5.74) is 3.35. The average Bonchev–Trinajstić information content (AvgIpc) is 2.94. The lowest BCUT2D eigenvalue weighted by Crippen LogP contribution is -2.40. The van der Waals surface area contributed by atoms with Crippen molar-refractivity contribution in [3.05, 3.63) is 47.0 Å². The van der Waals surface area contributed by atoms with E-state index in [4.69, 9.17) is 0 Å². The minimum absolute atomic E-state index is 0.0925. The molecule has 1 saturated heterocycles. The molecule has 2 aliphatic rings. The number of amides is 2. The number of benzene rings is 1. The Hall–Kier alpha value is -2.14. The maximum atomic E-state index is 12.7. The summed E-state index contributed by atoms with van der Waals surface area (Å²) in [6.07, 6.45) is 9.17. The topological polar surface area (TPSA) is 52.7 Å². The van der Waals surface area contributed by atoms with E-state index in [2.05, 4.69) is 16.3 Å². The van der Waals surface area contributed by atoms with Gasteiger partial charge in [0.15, 0.2) is 0 Å². The monoisotopic (exact) mass is 383 g/mol. The van der Waals surface area contributed by atoms with E-state index in [1.807, 2.05) is 36.1 Å². The minimum Gasteiger partial charge on any atom is -0.355 e. The van der Waals surface area contributed by atoms with Crippen molar-refractivity contribution >= 4 is 11.8 Å². The number of carbonyl (C=O) groups excluding carboxylic acids is 2. The predicted molar refractivity (Wildman–Crippen MR) is 112 cm³/mol. The second-order valence-electron chi connectivity index (χ2n) is 8.00. The molecule has 1 N–H and O–H groups in total. The van der Waals surface area contributed by atoms with Crippen LogP contribution in [0, 0.1) is 6.92 Å². The standard InChI is InChI=1S/C23H33N3O2/c1-19-7-5-10-21(17-19)23(28)26-14-6-13-25(15-16-26)18-22(27)24-12-11-20-8-3-2-4-9-20/h5,7-8,10,17H,2-4,6,9,11-16,18H2,1H3,(H,24,27). The molecule has 3 rings (SSSR count). The zero-order chi connectivity index (χ0) is 19.8. The summed E-state index contributed by atoms with van der Waals surface area (Å²) in [5, 5.41) is 3.06. The van der Waals surface area contributed by atoms with Gasteiger partial charge in [-0.05, 0) is 57.6 Å². The Morgan fingerprint density at radius 3 is 2.75 bits per heavy atom. The molecule has 1 aliphatic heterocycles. The zero-order valence-electron chi connectivity index (χ0n) is 17.1. The van der Waals surface area contributed by atoms with E-state index in [1.165, 1.54) is 31.3 Å². The molecule has 5 heteroatoms. The van der Waals surface area contributed by atoms with Crippen molar-refractivity contribution in [2.24, 2.45) is 0 Å².